The summed E-state index contributed by atoms with van der Waals surface area (Å²) >= 11 is 0. The molecular weight excluding hydrogens is 474 g/mol. The predicted molar refractivity (Wildman–Crippen MR) is 136 cm³/mol. The molecule has 1 unspecified atom stereocenters. The number of benzene rings is 3. The molecule has 0 radical (unpaired) electrons. The van der Waals surface area contributed by atoms with Crippen LogP contribution in [0.2, 0.25) is 0 Å². The molecule has 3 heterocycles. The Morgan fingerprint density at radius 1 is 0.946 bits per heavy atom. The molecule has 1 N–H and O–H groups in total. The van der Waals surface area contributed by atoms with E-state index in [-0.39, 0.29) is 35.0 Å². The van der Waals surface area contributed by atoms with E-state index in [9.17, 15) is 14.4 Å². The van der Waals surface area contributed by atoms with E-state index in [1.54, 1.807) is 56.7 Å². The van der Waals surface area contributed by atoms with Gasteiger partial charge in [-0.15, -0.1) is 0 Å². The highest BCUT2D eigenvalue weighted by Crippen LogP contribution is 2.48. The maximum atomic E-state index is 13.3. The van der Waals surface area contributed by atoms with Gasteiger partial charge >= 0.3 is 5.97 Å². The number of carbonyl (C=O) groups is 2. The molecule has 0 spiro atoms. The number of pyridine rings is 1. The molecular formula is C29H21NO7. The first-order chi connectivity index (χ1) is 18.0. The molecule has 6 rings (SSSR count). The van der Waals surface area contributed by atoms with Gasteiger partial charge in [0.2, 0.25) is 5.78 Å². The van der Waals surface area contributed by atoms with Crippen LogP contribution in [0.15, 0.2) is 71.2 Å². The van der Waals surface area contributed by atoms with Crippen molar-refractivity contribution in [1.29, 1.82) is 0 Å². The van der Waals surface area contributed by atoms with Crippen molar-refractivity contribution in [3.8, 4) is 23.0 Å². The molecule has 0 saturated carbocycles. The van der Waals surface area contributed by atoms with E-state index >= 15 is 0 Å². The minimum Gasteiger partial charge on any atom is -0.497 e. The van der Waals surface area contributed by atoms with Crippen LogP contribution in [0, 0.1) is 0 Å². The quantitative estimate of drug-likeness (QED) is 0.251. The van der Waals surface area contributed by atoms with Crippen molar-refractivity contribution in [1.82, 2.24) is 4.98 Å². The Labute approximate surface area is 211 Å². The third kappa shape index (κ3) is 3.74. The number of Topliss-reactive ketones (excluding diaryl/α,β-unsaturated/α-hetero) is 1. The monoisotopic (exact) mass is 495 g/mol. The van der Waals surface area contributed by atoms with Crippen LogP contribution >= 0.6 is 0 Å². The lowest BCUT2D eigenvalue weighted by molar-refractivity contribution is -0.135. The molecule has 2 aliphatic heterocycles. The molecule has 1 aromatic heterocycles. The van der Waals surface area contributed by atoms with Crippen molar-refractivity contribution >= 4 is 28.7 Å². The molecule has 0 fully saturated rings. The van der Waals surface area contributed by atoms with Crippen LogP contribution in [-0.4, -0.2) is 31.0 Å². The summed E-state index contributed by atoms with van der Waals surface area (Å²) in [6, 6.07) is 17.5. The van der Waals surface area contributed by atoms with Crippen LogP contribution in [0.5, 0.6) is 23.0 Å². The fraction of sp³-hybridized carbons (Fsp3) is 0.138. The molecule has 3 aromatic carbocycles. The Morgan fingerprint density at radius 2 is 1.78 bits per heavy atom. The van der Waals surface area contributed by atoms with Gasteiger partial charge in [0.05, 0.1) is 31.7 Å². The zero-order chi connectivity index (χ0) is 25.7. The van der Waals surface area contributed by atoms with Crippen LogP contribution in [0.4, 0.5) is 0 Å². The van der Waals surface area contributed by atoms with Crippen molar-refractivity contribution in [2.75, 3.05) is 14.2 Å². The second kappa shape index (κ2) is 8.67. The summed E-state index contributed by atoms with van der Waals surface area (Å²) in [6.07, 6.45) is 1.55. The smallest absolute Gasteiger partial charge is 0.312 e. The highest BCUT2D eigenvalue weighted by atomic mass is 16.5. The number of fused-ring (bicyclic) bond motifs is 4. The summed E-state index contributed by atoms with van der Waals surface area (Å²) in [5.41, 5.74) is 2.15. The van der Waals surface area contributed by atoms with Gasteiger partial charge in [0.1, 0.15) is 23.0 Å². The Kier molecular flexibility index (Phi) is 5.30. The maximum Gasteiger partial charge on any atom is 0.312 e. The SMILES string of the molecule is COc1ccc2cc(C3CC(=O)Oc4ccc5c(c43)O/C(=C\c3ccccc3OC)C5=O)c(=O)[nH]c2c1. The third-order valence-electron chi connectivity index (χ3n) is 6.66. The molecule has 1 atom stereocenters. The number of esters is 1. The van der Waals surface area contributed by atoms with Crippen molar-refractivity contribution in [2.45, 2.75) is 12.3 Å². The van der Waals surface area contributed by atoms with Gasteiger partial charge < -0.3 is 23.9 Å². The fourth-order valence-electron chi connectivity index (χ4n) is 4.88. The van der Waals surface area contributed by atoms with Crippen LogP contribution < -0.4 is 24.5 Å². The first-order valence-corrected chi connectivity index (χ1v) is 11.6. The first kappa shape index (κ1) is 22.6. The Bertz CT molecular complexity index is 1700. The molecule has 8 nitrogen and oxygen atoms in total. The lowest BCUT2D eigenvalue weighted by Crippen LogP contribution is -2.26. The van der Waals surface area contributed by atoms with Gasteiger partial charge in [0, 0.05) is 28.7 Å². The van der Waals surface area contributed by atoms with Crippen LogP contribution in [0.3, 0.4) is 0 Å². The Morgan fingerprint density at radius 3 is 2.59 bits per heavy atom. The average molecular weight is 495 g/mol. The zero-order valence-electron chi connectivity index (χ0n) is 20.0. The van der Waals surface area contributed by atoms with Gasteiger partial charge in [-0.3, -0.25) is 14.4 Å². The number of aromatic nitrogens is 1. The van der Waals surface area contributed by atoms with Crippen molar-refractivity contribution in [3.05, 3.63) is 99.0 Å². The number of hydrogen-bond donors (Lipinski definition) is 1. The standard InChI is InChI=1S/C29H21NO7/c1-34-17-8-7-15-11-20(29(33)30-21(15)13-17)19-14-25(31)36-23-10-9-18-27(32)24(37-28(18)26(19)23)12-16-5-3-4-6-22(16)35-2/h3-13,19H,14H2,1-2H3,(H,30,33)/b24-12-. The lowest BCUT2D eigenvalue weighted by atomic mass is 9.85. The predicted octanol–water partition coefficient (Wildman–Crippen LogP) is 4.60. The molecule has 37 heavy (non-hydrogen) atoms. The number of rotatable bonds is 4. The Balaban J connectivity index is 1.49. The van der Waals surface area contributed by atoms with E-state index in [0.29, 0.717) is 39.3 Å². The van der Waals surface area contributed by atoms with E-state index in [1.807, 2.05) is 24.3 Å². The van der Waals surface area contributed by atoms with Gasteiger partial charge in [-0.1, -0.05) is 18.2 Å². The number of allylic oxidation sites excluding steroid dienone is 1. The Hall–Kier alpha value is -4.85. The number of ketones is 1. The van der Waals surface area contributed by atoms with Crippen molar-refractivity contribution in [3.63, 3.8) is 0 Å². The van der Waals surface area contributed by atoms with Gasteiger partial charge in [-0.25, -0.2) is 0 Å². The summed E-state index contributed by atoms with van der Waals surface area (Å²) in [5, 5.41) is 0.775. The number of methoxy groups -OCH3 is 2. The molecule has 0 aliphatic carbocycles. The fourth-order valence-corrected chi connectivity index (χ4v) is 4.88. The van der Waals surface area contributed by atoms with Crippen LogP contribution in [-0.2, 0) is 4.79 Å². The minimum absolute atomic E-state index is 0.0721. The number of ether oxygens (including phenoxy) is 4. The average Bonchev–Trinajstić information content (AvgIpc) is 3.22. The lowest BCUT2D eigenvalue weighted by Gasteiger charge is -2.26. The number of carbonyl (C=O) groups excluding carboxylic acids is 2. The van der Waals surface area contributed by atoms with E-state index in [0.717, 1.165) is 5.39 Å². The normalized spacial score (nSPS) is 17.2. The van der Waals surface area contributed by atoms with Crippen LogP contribution in [0.25, 0.3) is 17.0 Å². The first-order valence-electron chi connectivity index (χ1n) is 11.6. The molecule has 8 heteroatoms. The van der Waals surface area contributed by atoms with Gasteiger partial charge in [0.15, 0.2) is 5.76 Å². The summed E-state index contributed by atoms with van der Waals surface area (Å²) in [5.74, 6) is 0.427. The second-order valence-corrected chi connectivity index (χ2v) is 8.77. The molecule has 0 bridgehead atoms. The number of hydrogen-bond acceptors (Lipinski definition) is 7. The second-order valence-electron chi connectivity index (χ2n) is 8.77. The van der Waals surface area contributed by atoms with E-state index < -0.39 is 11.9 Å². The summed E-state index contributed by atoms with van der Waals surface area (Å²) < 4.78 is 22.2. The van der Waals surface area contributed by atoms with Gasteiger partial charge in [0.25, 0.3) is 5.56 Å². The van der Waals surface area contributed by atoms with E-state index in [1.165, 1.54) is 0 Å². The molecule has 0 amide bonds. The van der Waals surface area contributed by atoms with Crippen molar-refractivity contribution in [2.24, 2.45) is 0 Å². The molecule has 4 aromatic rings. The largest absolute Gasteiger partial charge is 0.497 e. The maximum absolute atomic E-state index is 13.3. The summed E-state index contributed by atoms with van der Waals surface area (Å²) in [7, 11) is 3.10. The topological polar surface area (TPSA) is 104 Å². The summed E-state index contributed by atoms with van der Waals surface area (Å²) in [4.78, 5) is 41.9. The van der Waals surface area contributed by atoms with Gasteiger partial charge in [-0.05, 0) is 47.9 Å². The number of para-hydroxylation sites is 1. The number of nitrogens with one attached hydrogen (secondary N) is 1. The van der Waals surface area contributed by atoms with E-state index in [4.69, 9.17) is 18.9 Å². The van der Waals surface area contributed by atoms with Crippen molar-refractivity contribution < 1.29 is 28.5 Å². The minimum atomic E-state index is -0.667. The summed E-state index contributed by atoms with van der Waals surface area (Å²) in [6.45, 7) is 0. The highest BCUT2D eigenvalue weighted by molar-refractivity contribution is 6.15. The highest BCUT2D eigenvalue weighted by Gasteiger charge is 2.39. The number of H-pyrrole nitrogens is 1. The molecule has 0 saturated heterocycles. The molecule has 184 valence electrons. The third-order valence-corrected chi connectivity index (χ3v) is 6.66. The zero-order valence-corrected chi connectivity index (χ0v) is 20.0. The molecule has 2 aliphatic rings. The number of aromatic amines is 1. The van der Waals surface area contributed by atoms with Crippen LogP contribution in [0.1, 0.15) is 39.4 Å². The van der Waals surface area contributed by atoms with E-state index in [2.05, 4.69) is 4.98 Å². The van der Waals surface area contributed by atoms with Gasteiger partial charge in [-0.2, -0.15) is 0 Å².